The molecule has 1 unspecified atom stereocenters. The zero-order valence-electron chi connectivity index (χ0n) is 9.63. The van der Waals surface area contributed by atoms with Crippen LogP contribution in [0.3, 0.4) is 0 Å². The van der Waals surface area contributed by atoms with Crippen molar-refractivity contribution in [2.75, 3.05) is 13.2 Å². The third kappa shape index (κ3) is 2.09. The van der Waals surface area contributed by atoms with Gasteiger partial charge in [-0.05, 0) is 12.8 Å². The molecule has 0 aromatic rings. The van der Waals surface area contributed by atoms with E-state index < -0.39 is 0 Å². The molecule has 1 N–H and O–H groups in total. The summed E-state index contributed by atoms with van der Waals surface area (Å²) >= 11 is 0. The van der Waals surface area contributed by atoms with E-state index in [1.807, 2.05) is 0 Å². The molecule has 2 saturated heterocycles. The maximum absolute atomic E-state index is 11.3. The van der Waals surface area contributed by atoms with Gasteiger partial charge >= 0.3 is 6.09 Å². The van der Waals surface area contributed by atoms with Gasteiger partial charge < -0.3 is 14.8 Å². The maximum Gasteiger partial charge on any atom is 0.407 e. The molecule has 15 heavy (non-hydrogen) atoms. The lowest BCUT2D eigenvalue weighted by Crippen LogP contribution is -2.52. The number of epoxide rings is 1. The second-order valence-corrected chi connectivity index (χ2v) is 5.20. The van der Waals surface area contributed by atoms with E-state index in [1.54, 1.807) is 0 Å². The Morgan fingerprint density at radius 3 is 2.67 bits per heavy atom. The van der Waals surface area contributed by atoms with Crippen LogP contribution < -0.4 is 5.32 Å². The Morgan fingerprint density at radius 2 is 2.20 bits per heavy atom. The van der Waals surface area contributed by atoms with Gasteiger partial charge in [-0.2, -0.15) is 0 Å². The summed E-state index contributed by atoms with van der Waals surface area (Å²) in [5.41, 5.74) is -0.407. The van der Waals surface area contributed by atoms with Gasteiger partial charge in [0.1, 0.15) is 5.60 Å². The summed E-state index contributed by atoms with van der Waals surface area (Å²) in [5.74, 6) is 0.324. The van der Waals surface area contributed by atoms with Crippen LogP contribution in [-0.2, 0) is 9.47 Å². The Labute approximate surface area is 90.3 Å². The zero-order chi connectivity index (χ0) is 11.1. The minimum absolute atomic E-state index is 0.0676. The normalized spacial score (nSPS) is 39.9. The van der Waals surface area contributed by atoms with Gasteiger partial charge in [0.15, 0.2) is 0 Å². The second kappa shape index (κ2) is 3.37. The molecule has 4 nitrogen and oxygen atoms in total. The van der Waals surface area contributed by atoms with Gasteiger partial charge in [0, 0.05) is 19.4 Å². The number of hydrogen-bond acceptors (Lipinski definition) is 3. The molecule has 1 amide bonds. The summed E-state index contributed by atoms with van der Waals surface area (Å²) in [5, 5.41) is 2.70. The van der Waals surface area contributed by atoms with Crippen LogP contribution >= 0.6 is 0 Å². The van der Waals surface area contributed by atoms with Gasteiger partial charge in [0.25, 0.3) is 0 Å². The van der Waals surface area contributed by atoms with Gasteiger partial charge in [0.2, 0.25) is 0 Å². The van der Waals surface area contributed by atoms with Crippen LogP contribution in [-0.4, -0.2) is 30.4 Å². The first-order valence-electron chi connectivity index (χ1n) is 5.57. The topological polar surface area (TPSA) is 50.9 Å². The van der Waals surface area contributed by atoms with Gasteiger partial charge in [-0.25, -0.2) is 4.79 Å². The van der Waals surface area contributed by atoms with Crippen molar-refractivity contribution in [3.63, 3.8) is 0 Å². The van der Waals surface area contributed by atoms with Crippen LogP contribution in [0.15, 0.2) is 0 Å². The zero-order valence-corrected chi connectivity index (χ0v) is 9.63. The highest BCUT2D eigenvalue weighted by molar-refractivity contribution is 5.68. The molecule has 0 saturated carbocycles. The molecule has 2 rings (SSSR count). The van der Waals surface area contributed by atoms with Crippen LogP contribution in [0.25, 0.3) is 0 Å². The highest BCUT2D eigenvalue weighted by Crippen LogP contribution is 2.42. The summed E-state index contributed by atoms with van der Waals surface area (Å²) < 4.78 is 10.9. The number of carbonyl (C=O) groups is 1. The lowest BCUT2D eigenvalue weighted by molar-refractivity contribution is -0.0639. The first-order chi connectivity index (χ1) is 6.96. The number of nitrogens with one attached hydrogen (secondary N) is 1. The Morgan fingerprint density at radius 1 is 1.53 bits per heavy atom. The van der Waals surface area contributed by atoms with Crippen molar-refractivity contribution in [1.29, 1.82) is 0 Å². The first kappa shape index (κ1) is 10.7. The van der Waals surface area contributed by atoms with Crippen LogP contribution in [0.1, 0.15) is 33.6 Å². The Balaban J connectivity index is 2.11. The molecule has 0 bridgehead atoms. The van der Waals surface area contributed by atoms with Crippen LogP contribution in [0.2, 0.25) is 0 Å². The highest BCUT2D eigenvalue weighted by atomic mass is 16.6. The maximum atomic E-state index is 11.3. The van der Waals surface area contributed by atoms with Gasteiger partial charge in [-0.3, -0.25) is 0 Å². The Bertz CT molecular complexity index is 273. The van der Waals surface area contributed by atoms with E-state index in [0.29, 0.717) is 12.5 Å². The Kier molecular flexibility index (Phi) is 2.41. The molecular formula is C11H19NO3. The van der Waals surface area contributed by atoms with Gasteiger partial charge in [0.05, 0.1) is 12.2 Å². The third-order valence-electron chi connectivity index (χ3n) is 3.48. The van der Waals surface area contributed by atoms with E-state index in [2.05, 4.69) is 26.1 Å². The number of alkyl carbamates (subject to hydrolysis) is 1. The van der Waals surface area contributed by atoms with Crippen LogP contribution in [0.5, 0.6) is 0 Å². The number of amides is 1. The van der Waals surface area contributed by atoms with E-state index in [4.69, 9.17) is 9.47 Å². The number of carbonyl (C=O) groups excluding carboxylic acids is 1. The van der Waals surface area contributed by atoms with E-state index in [0.717, 1.165) is 19.4 Å². The smallest absolute Gasteiger partial charge is 0.407 e. The summed E-state index contributed by atoms with van der Waals surface area (Å²) in [4.78, 5) is 11.3. The third-order valence-corrected chi connectivity index (χ3v) is 3.48. The predicted molar refractivity (Wildman–Crippen MR) is 55.6 cm³/mol. The predicted octanol–water partition coefficient (Wildman–Crippen LogP) is 1.69. The Hall–Kier alpha value is -0.770. The molecule has 2 heterocycles. The number of hydrogen-bond donors (Lipinski definition) is 1. The molecule has 4 heteroatoms. The summed E-state index contributed by atoms with van der Waals surface area (Å²) in [6.07, 6.45) is 1.39. The summed E-state index contributed by atoms with van der Waals surface area (Å²) in [7, 11) is 0. The molecule has 0 aliphatic carbocycles. The van der Waals surface area contributed by atoms with E-state index in [9.17, 15) is 4.79 Å². The molecule has 0 aromatic heterocycles. The van der Waals surface area contributed by atoms with Gasteiger partial charge in [-0.1, -0.05) is 13.8 Å². The molecule has 0 radical (unpaired) electrons. The average molecular weight is 213 g/mol. The number of ether oxygens (including phenoxy) is 2. The quantitative estimate of drug-likeness (QED) is 0.726. The van der Waals surface area contributed by atoms with Crippen molar-refractivity contribution in [1.82, 2.24) is 5.32 Å². The fourth-order valence-corrected chi connectivity index (χ4v) is 2.24. The standard InChI is InChI=1S/C11H19NO3/c1-8(2)11(6-10(3)7-14-10)4-5-12-9(13)15-11/h8H,4-7H2,1-3H3,(H,12,13)/t10?,11-/m0/s1. The van der Waals surface area contributed by atoms with Crippen molar-refractivity contribution in [3.05, 3.63) is 0 Å². The molecular weight excluding hydrogens is 194 g/mol. The minimum Gasteiger partial charge on any atom is -0.442 e. The number of rotatable bonds is 3. The van der Waals surface area contributed by atoms with E-state index >= 15 is 0 Å². The van der Waals surface area contributed by atoms with E-state index in [-0.39, 0.29) is 17.3 Å². The molecule has 86 valence electrons. The summed E-state index contributed by atoms with van der Waals surface area (Å²) in [6, 6.07) is 0. The van der Waals surface area contributed by atoms with E-state index in [1.165, 1.54) is 0 Å². The fraction of sp³-hybridized carbons (Fsp3) is 0.909. The molecule has 2 aliphatic rings. The monoisotopic (exact) mass is 213 g/mol. The fourth-order valence-electron chi connectivity index (χ4n) is 2.24. The lowest BCUT2D eigenvalue weighted by atomic mass is 9.79. The molecule has 2 atom stereocenters. The lowest BCUT2D eigenvalue weighted by Gasteiger charge is -2.41. The van der Waals surface area contributed by atoms with Crippen molar-refractivity contribution < 1.29 is 14.3 Å². The van der Waals surface area contributed by atoms with Crippen LogP contribution in [0, 0.1) is 5.92 Å². The largest absolute Gasteiger partial charge is 0.442 e. The molecule has 0 spiro atoms. The highest BCUT2D eigenvalue weighted by Gasteiger charge is 2.51. The van der Waals surface area contributed by atoms with Crippen molar-refractivity contribution in [3.8, 4) is 0 Å². The average Bonchev–Trinajstić information content (AvgIpc) is 2.82. The molecule has 2 fully saturated rings. The molecule has 0 aromatic carbocycles. The summed E-state index contributed by atoms with van der Waals surface area (Å²) in [6.45, 7) is 7.77. The van der Waals surface area contributed by atoms with Crippen molar-refractivity contribution in [2.45, 2.75) is 44.8 Å². The molecule has 2 aliphatic heterocycles. The van der Waals surface area contributed by atoms with Crippen LogP contribution in [0.4, 0.5) is 4.79 Å². The van der Waals surface area contributed by atoms with Crippen molar-refractivity contribution in [2.24, 2.45) is 5.92 Å². The SMILES string of the molecule is CC(C)[C@@]1(CC2(C)CO2)CCNC(=O)O1. The minimum atomic E-state index is -0.340. The number of cyclic esters (lactones) is 1. The van der Waals surface area contributed by atoms with Crippen molar-refractivity contribution >= 4 is 6.09 Å². The first-order valence-corrected chi connectivity index (χ1v) is 5.57. The van der Waals surface area contributed by atoms with Gasteiger partial charge in [-0.15, -0.1) is 0 Å². The second-order valence-electron chi connectivity index (χ2n) is 5.20.